The third-order valence-corrected chi connectivity index (χ3v) is 3.64. The van der Waals surface area contributed by atoms with Gasteiger partial charge in [0, 0.05) is 11.5 Å². The molecular weight excluding hydrogens is 224 g/mol. The average Bonchev–Trinajstić information content (AvgIpc) is 3.11. The van der Waals surface area contributed by atoms with Crippen LogP contribution in [0.25, 0.3) is 11.3 Å². The molecular formula is C14H18N4. The minimum atomic E-state index is 0.496. The molecule has 0 unspecified atom stereocenters. The fraction of sp³-hybridized carbons (Fsp3) is 0.357. The van der Waals surface area contributed by atoms with Crippen molar-refractivity contribution >= 4 is 5.82 Å². The summed E-state index contributed by atoms with van der Waals surface area (Å²) in [4.78, 5) is 4.68. The van der Waals surface area contributed by atoms with E-state index in [1.54, 1.807) is 4.68 Å². The van der Waals surface area contributed by atoms with Crippen molar-refractivity contribution in [2.75, 3.05) is 11.6 Å². The van der Waals surface area contributed by atoms with E-state index in [4.69, 9.17) is 11.6 Å². The molecule has 1 fully saturated rings. The first kappa shape index (κ1) is 11.1. The first-order valence-corrected chi connectivity index (χ1v) is 6.29. The van der Waals surface area contributed by atoms with Gasteiger partial charge in [-0.05, 0) is 37.8 Å². The van der Waals surface area contributed by atoms with Crippen LogP contribution >= 0.6 is 0 Å². The molecule has 1 aliphatic rings. The molecule has 94 valence electrons. The molecule has 3 rings (SSSR count). The van der Waals surface area contributed by atoms with Gasteiger partial charge in [-0.3, -0.25) is 0 Å². The second-order valence-corrected chi connectivity index (χ2v) is 5.11. The molecule has 4 heteroatoms. The van der Waals surface area contributed by atoms with Crippen LogP contribution in [-0.2, 0) is 0 Å². The number of aryl methyl sites for hydroxylation is 2. The van der Waals surface area contributed by atoms with Crippen LogP contribution in [0.1, 0.15) is 35.7 Å². The van der Waals surface area contributed by atoms with Gasteiger partial charge in [-0.15, -0.1) is 0 Å². The second-order valence-electron chi connectivity index (χ2n) is 5.11. The van der Waals surface area contributed by atoms with Crippen LogP contribution in [0.15, 0.2) is 18.2 Å². The Kier molecular flexibility index (Phi) is 2.33. The van der Waals surface area contributed by atoms with Crippen molar-refractivity contribution in [2.45, 2.75) is 32.6 Å². The lowest BCUT2D eigenvalue weighted by atomic mass is 10.0. The van der Waals surface area contributed by atoms with E-state index in [1.807, 2.05) is 6.07 Å². The second kappa shape index (κ2) is 3.77. The van der Waals surface area contributed by atoms with Gasteiger partial charge in [0.05, 0.1) is 0 Å². The SMILES string of the molecule is Cc1cccc(C)c1-c1nc(C2CC2)n(N)c1N. The van der Waals surface area contributed by atoms with Crippen molar-refractivity contribution in [1.29, 1.82) is 0 Å². The van der Waals surface area contributed by atoms with Crippen LogP contribution in [0.2, 0.25) is 0 Å². The molecule has 0 radical (unpaired) electrons. The van der Waals surface area contributed by atoms with Crippen molar-refractivity contribution in [3.63, 3.8) is 0 Å². The molecule has 18 heavy (non-hydrogen) atoms. The highest BCUT2D eigenvalue weighted by molar-refractivity contribution is 5.76. The fourth-order valence-electron chi connectivity index (χ4n) is 2.46. The monoisotopic (exact) mass is 242 g/mol. The highest BCUT2D eigenvalue weighted by Gasteiger charge is 2.30. The molecule has 0 bridgehead atoms. The van der Waals surface area contributed by atoms with Crippen molar-refractivity contribution < 1.29 is 0 Å². The topological polar surface area (TPSA) is 69.9 Å². The smallest absolute Gasteiger partial charge is 0.150 e. The Morgan fingerprint density at radius 2 is 1.83 bits per heavy atom. The number of anilines is 1. The number of hydrogen-bond donors (Lipinski definition) is 2. The lowest BCUT2D eigenvalue weighted by molar-refractivity contribution is 0.855. The van der Waals surface area contributed by atoms with E-state index in [2.05, 4.69) is 31.0 Å². The summed E-state index contributed by atoms with van der Waals surface area (Å²) in [5.41, 5.74) is 10.4. The van der Waals surface area contributed by atoms with Crippen LogP contribution in [0.3, 0.4) is 0 Å². The Bertz CT molecular complexity index is 588. The summed E-state index contributed by atoms with van der Waals surface area (Å²) in [7, 11) is 0. The minimum absolute atomic E-state index is 0.496. The Balaban J connectivity index is 2.20. The zero-order chi connectivity index (χ0) is 12.9. The molecule has 0 atom stereocenters. The molecule has 1 heterocycles. The minimum Gasteiger partial charge on any atom is -0.382 e. The van der Waals surface area contributed by atoms with Crippen LogP contribution < -0.4 is 11.6 Å². The normalized spacial score (nSPS) is 15.0. The lowest BCUT2D eigenvalue weighted by Crippen LogP contribution is -2.14. The summed E-state index contributed by atoms with van der Waals surface area (Å²) in [6.45, 7) is 4.15. The Morgan fingerprint density at radius 1 is 1.22 bits per heavy atom. The highest BCUT2D eigenvalue weighted by atomic mass is 15.4. The summed E-state index contributed by atoms with van der Waals surface area (Å²) in [6.07, 6.45) is 2.33. The Morgan fingerprint density at radius 3 is 2.39 bits per heavy atom. The van der Waals surface area contributed by atoms with Gasteiger partial charge in [-0.2, -0.15) is 0 Å². The van der Waals surface area contributed by atoms with Crippen molar-refractivity contribution in [1.82, 2.24) is 9.66 Å². The van der Waals surface area contributed by atoms with E-state index in [0.29, 0.717) is 11.7 Å². The molecule has 0 amide bonds. The molecule has 0 aliphatic heterocycles. The van der Waals surface area contributed by atoms with Gasteiger partial charge >= 0.3 is 0 Å². The number of benzene rings is 1. The molecule has 4 nitrogen and oxygen atoms in total. The third-order valence-electron chi connectivity index (χ3n) is 3.64. The van der Waals surface area contributed by atoms with Gasteiger partial charge in [0.15, 0.2) is 5.82 Å². The zero-order valence-corrected chi connectivity index (χ0v) is 10.8. The zero-order valence-electron chi connectivity index (χ0n) is 10.8. The van der Waals surface area contributed by atoms with Crippen LogP contribution in [0, 0.1) is 13.8 Å². The van der Waals surface area contributed by atoms with E-state index in [1.165, 1.54) is 24.0 Å². The maximum atomic E-state index is 6.11. The quantitative estimate of drug-likeness (QED) is 0.794. The van der Waals surface area contributed by atoms with Crippen LogP contribution in [0.5, 0.6) is 0 Å². The van der Waals surface area contributed by atoms with E-state index in [-0.39, 0.29) is 0 Å². The molecule has 2 aromatic rings. The number of nitrogen functional groups attached to an aromatic ring is 2. The van der Waals surface area contributed by atoms with Crippen LogP contribution in [-0.4, -0.2) is 9.66 Å². The van der Waals surface area contributed by atoms with E-state index < -0.39 is 0 Å². The lowest BCUT2D eigenvalue weighted by Gasteiger charge is -2.07. The van der Waals surface area contributed by atoms with Gasteiger partial charge < -0.3 is 11.6 Å². The van der Waals surface area contributed by atoms with Gasteiger partial charge in [0.1, 0.15) is 11.5 Å². The van der Waals surface area contributed by atoms with Gasteiger partial charge in [-0.25, -0.2) is 9.66 Å². The molecule has 1 aromatic carbocycles. The summed E-state index contributed by atoms with van der Waals surface area (Å²) < 4.78 is 1.55. The van der Waals surface area contributed by atoms with E-state index in [9.17, 15) is 0 Å². The van der Waals surface area contributed by atoms with E-state index in [0.717, 1.165) is 17.1 Å². The van der Waals surface area contributed by atoms with Crippen molar-refractivity contribution in [3.8, 4) is 11.3 Å². The number of hydrogen-bond acceptors (Lipinski definition) is 3. The summed E-state index contributed by atoms with van der Waals surface area (Å²) >= 11 is 0. The molecule has 4 N–H and O–H groups in total. The number of aromatic nitrogens is 2. The molecule has 1 aliphatic carbocycles. The fourth-order valence-corrected chi connectivity index (χ4v) is 2.46. The number of rotatable bonds is 2. The Hall–Kier alpha value is -1.97. The first-order chi connectivity index (χ1) is 8.59. The molecule has 0 spiro atoms. The van der Waals surface area contributed by atoms with Gasteiger partial charge in [-0.1, -0.05) is 18.2 Å². The standard InChI is InChI=1S/C14H18N4/c1-8-4-3-5-9(2)11(8)12-13(15)18(16)14(17-12)10-6-7-10/h3-5,10H,6-7,15-16H2,1-2H3. The highest BCUT2D eigenvalue weighted by Crippen LogP contribution is 2.42. The van der Waals surface area contributed by atoms with Crippen molar-refractivity contribution in [3.05, 3.63) is 35.2 Å². The number of imidazole rings is 1. The maximum Gasteiger partial charge on any atom is 0.150 e. The molecule has 0 saturated heterocycles. The predicted molar refractivity (Wildman–Crippen MR) is 73.7 cm³/mol. The molecule has 1 saturated carbocycles. The average molecular weight is 242 g/mol. The summed E-state index contributed by atoms with van der Waals surface area (Å²) in [6, 6.07) is 6.20. The van der Waals surface area contributed by atoms with Gasteiger partial charge in [0.25, 0.3) is 0 Å². The predicted octanol–water partition coefficient (Wildman–Crippen LogP) is 2.34. The Labute approximate surface area is 107 Å². The third kappa shape index (κ3) is 1.56. The first-order valence-electron chi connectivity index (χ1n) is 6.29. The molecule has 1 aromatic heterocycles. The maximum absolute atomic E-state index is 6.11. The van der Waals surface area contributed by atoms with E-state index >= 15 is 0 Å². The van der Waals surface area contributed by atoms with Crippen molar-refractivity contribution in [2.24, 2.45) is 0 Å². The largest absolute Gasteiger partial charge is 0.382 e. The van der Waals surface area contributed by atoms with Gasteiger partial charge in [0.2, 0.25) is 0 Å². The summed E-state index contributed by atoms with van der Waals surface area (Å²) in [5.74, 6) is 7.99. The van der Waals surface area contributed by atoms with Crippen LogP contribution in [0.4, 0.5) is 5.82 Å². The number of nitrogens with two attached hydrogens (primary N) is 2. The summed E-state index contributed by atoms with van der Waals surface area (Å²) in [5, 5.41) is 0. The number of nitrogens with zero attached hydrogens (tertiary/aromatic N) is 2.